The lowest BCUT2D eigenvalue weighted by Crippen LogP contribution is -1.90. The third kappa shape index (κ3) is 2.67. The number of hydrogen-bond donors (Lipinski definition) is 0. The summed E-state index contributed by atoms with van der Waals surface area (Å²) in [5, 5.41) is 1.54. The molecule has 1 aromatic carbocycles. The lowest BCUT2D eigenvalue weighted by Gasteiger charge is -2.09. The van der Waals surface area contributed by atoms with Gasteiger partial charge in [0.25, 0.3) is 0 Å². The molecule has 0 aliphatic rings. The van der Waals surface area contributed by atoms with Gasteiger partial charge >= 0.3 is 0 Å². The maximum Gasteiger partial charge on any atom is 0.214 e. The lowest BCUT2D eigenvalue weighted by atomic mass is 10.1. The number of pyridine rings is 1. The van der Waals surface area contributed by atoms with Crippen molar-refractivity contribution in [1.29, 1.82) is 0 Å². The molecule has 2 aromatic rings. The zero-order chi connectivity index (χ0) is 13.3. The molecule has 0 atom stereocenters. The van der Waals surface area contributed by atoms with Crippen molar-refractivity contribution in [2.45, 2.75) is 0 Å². The third-order valence-corrected chi connectivity index (χ3v) is 3.66. The molecule has 0 saturated carbocycles. The number of aromatic nitrogens is 1. The molecule has 0 unspecified atom stereocenters. The molecule has 0 saturated heterocycles. The predicted octanol–water partition coefficient (Wildman–Crippen LogP) is 5.37. The Hall–Kier alpha value is -0.670. The molecule has 18 heavy (non-hydrogen) atoms. The van der Waals surface area contributed by atoms with Crippen molar-refractivity contribution in [2.75, 3.05) is 7.11 Å². The molecule has 0 radical (unpaired) electrons. The van der Waals surface area contributed by atoms with Crippen LogP contribution in [0.3, 0.4) is 0 Å². The molecular weight excluding hydrogens is 316 g/mol. The van der Waals surface area contributed by atoms with E-state index in [1.807, 2.05) is 0 Å². The smallest absolute Gasteiger partial charge is 0.214 e. The van der Waals surface area contributed by atoms with E-state index in [1.165, 1.54) is 7.11 Å². The highest BCUT2D eigenvalue weighted by molar-refractivity contribution is 6.44. The van der Waals surface area contributed by atoms with Crippen LogP contribution >= 0.6 is 46.4 Å². The van der Waals surface area contributed by atoms with E-state index < -0.39 is 0 Å². The van der Waals surface area contributed by atoms with Crippen LogP contribution in [0.15, 0.2) is 24.3 Å². The van der Waals surface area contributed by atoms with Crippen LogP contribution in [0.2, 0.25) is 20.2 Å². The van der Waals surface area contributed by atoms with Crippen molar-refractivity contribution in [3.8, 4) is 17.0 Å². The fraction of sp³-hybridized carbons (Fsp3) is 0.0833. The summed E-state index contributed by atoms with van der Waals surface area (Å²) in [6, 6.07) is 6.68. The maximum atomic E-state index is 6.12. The van der Waals surface area contributed by atoms with E-state index in [4.69, 9.17) is 51.1 Å². The van der Waals surface area contributed by atoms with E-state index >= 15 is 0 Å². The summed E-state index contributed by atoms with van der Waals surface area (Å²) < 4.78 is 4.98. The van der Waals surface area contributed by atoms with E-state index in [-0.39, 0.29) is 5.15 Å². The highest BCUT2D eigenvalue weighted by Crippen LogP contribution is 2.38. The molecule has 2 rings (SSSR count). The molecule has 0 aliphatic heterocycles. The van der Waals surface area contributed by atoms with Gasteiger partial charge < -0.3 is 4.74 Å². The Labute approximate surface area is 124 Å². The topological polar surface area (TPSA) is 22.1 Å². The molecule has 0 amide bonds. The average Bonchev–Trinajstić information content (AvgIpc) is 2.34. The van der Waals surface area contributed by atoms with Crippen molar-refractivity contribution in [2.24, 2.45) is 0 Å². The van der Waals surface area contributed by atoms with Gasteiger partial charge in [0.2, 0.25) is 5.88 Å². The quantitative estimate of drug-likeness (QED) is 0.547. The zero-order valence-corrected chi connectivity index (χ0v) is 12.2. The molecule has 0 N–H and O–H groups in total. The molecule has 0 aliphatic carbocycles. The Balaban J connectivity index is 2.58. The Kier molecular flexibility index (Phi) is 4.23. The second kappa shape index (κ2) is 5.54. The fourth-order valence-electron chi connectivity index (χ4n) is 1.46. The first-order chi connectivity index (χ1) is 8.52. The number of hydrogen-bond acceptors (Lipinski definition) is 2. The van der Waals surface area contributed by atoms with Gasteiger partial charge in [-0.25, -0.2) is 4.98 Å². The number of rotatable bonds is 2. The van der Waals surface area contributed by atoms with Crippen LogP contribution in [0.1, 0.15) is 0 Å². The number of methoxy groups -OCH3 is 1. The summed E-state index contributed by atoms with van der Waals surface area (Å²) in [6.07, 6.45) is 0. The van der Waals surface area contributed by atoms with Gasteiger partial charge in [-0.3, -0.25) is 0 Å². The third-order valence-electron chi connectivity index (χ3n) is 2.33. The van der Waals surface area contributed by atoms with Gasteiger partial charge in [-0.05, 0) is 18.2 Å². The largest absolute Gasteiger partial charge is 0.481 e. The number of nitrogens with zero attached hydrogens (tertiary/aromatic N) is 1. The SMILES string of the molecule is COc1ccc(-c2cc(Cl)c(Cl)cc2Cl)c(Cl)n1. The first-order valence-corrected chi connectivity index (χ1v) is 6.39. The second-order valence-corrected chi connectivity index (χ2v) is 5.02. The summed E-state index contributed by atoms with van der Waals surface area (Å²) in [5.41, 5.74) is 1.34. The average molecular weight is 323 g/mol. The fourth-order valence-corrected chi connectivity index (χ4v) is 2.36. The molecule has 0 spiro atoms. The minimum atomic E-state index is 0.287. The highest BCUT2D eigenvalue weighted by atomic mass is 35.5. The van der Waals surface area contributed by atoms with Gasteiger partial charge in [-0.2, -0.15) is 0 Å². The molecular formula is C12H7Cl4NO. The van der Waals surface area contributed by atoms with Crippen molar-refractivity contribution in [3.05, 3.63) is 44.5 Å². The van der Waals surface area contributed by atoms with Crippen molar-refractivity contribution in [1.82, 2.24) is 4.98 Å². The summed E-state index contributed by atoms with van der Waals surface area (Å²) in [5.74, 6) is 0.430. The standard InChI is InChI=1S/C12H7Cl4NO/c1-18-11-3-2-6(12(16)17-11)7-4-9(14)10(15)5-8(7)13/h2-5H,1H3. The number of ether oxygens (including phenoxy) is 1. The van der Waals surface area contributed by atoms with Crippen molar-refractivity contribution < 1.29 is 4.74 Å². The molecule has 2 nitrogen and oxygen atoms in total. The Morgan fingerprint density at radius 1 is 0.889 bits per heavy atom. The first-order valence-electron chi connectivity index (χ1n) is 4.88. The molecule has 0 bridgehead atoms. The normalized spacial score (nSPS) is 10.5. The van der Waals surface area contributed by atoms with E-state index in [2.05, 4.69) is 4.98 Å². The number of halogens is 4. The van der Waals surface area contributed by atoms with Crippen LogP contribution < -0.4 is 4.74 Å². The molecule has 1 aromatic heterocycles. The summed E-state index contributed by atoms with van der Waals surface area (Å²) in [4.78, 5) is 4.07. The molecule has 94 valence electrons. The van der Waals surface area contributed by atoms with Crippen LogP contribution in [0.5, 0.6) is 5.88 Å². The van der Waals surface area contributed by atoms with Crippen LogP contribution in [-0.4, -0.2) is 12.1 Å². The molecule has 0 fully saturated rings. The van der Waals surface area contributed by atoms with Gasteiger partial charge in [0.05, 0.1) is 22.2 Å². The predicted molar refractivity (Wildman–Crippen MR) is 76.3 cm³/mol. The first kappa shape index (κ1) is 13.8. The van der Waals surface area contributed by atoms with Gasteiger partial charge in [0.1, 0.15) is 5.15 Å². The Morgan fingerprint density at radius 3 is 2.17 bits per heavy atom. The minimum absolute atomic E-state index is 0.287. The van der Waals surface area contributed by atoms with E-state index in [0.717, 1.165) is 0 Å². The zero-order valence-electron chi connectivity index (χ0n) is 9.18. The van der Waals surface area contributed by atoms with Gasteiger partial charge in [0, 0.05) is 17.2 Å². The van der Waals surface area contributed by atoms with Crippen molar-refractivity contribution >= 4 is 46.4 Å². The Morgan fingerprint density at radius 2 is 1.56 bits per heavy atom. The van der Waals surface area contributed by atoms with E-state index in [0.29, 0.717) is 32.1 Å². The summed E-state index contributed by atoms with van der Waals surface area (Å²) >= 11 is 24.0. The van der Waals surface area contributed by atoms with Crippen LogP contribution in [0.25, 0.3) is 11.1 Å². The summed E-state index contributed by atoms with van der Waals surface area (Å²) in [6.45, 7) is 0. The van der Waals surface area contributed by atoms with Crippen LogP contribution in [-0.2, 0) is 0 Å². The second-order valence-electron chi connectivity index (χ2n) is 3.44. The molecule has 1 heterocycles. The van der Waals surface area contributed by atoms with Gasteiger partial charge in [-0.15, -0.1) is 0 Å². The van der Waals surface area contributed by atoms with Crippen LogP contribution in [0.4, 0.5) is 0 Å². The van der Waals surface area contributed by atoms with E-state index in [1.54, 1.807) is 24.3 Å². The van der Waals surface area contributed by atoms with Crippen molar-refractivity contribution in [3.63, 3.8) is 0 Å². The Bertz CT molecular complexity index is 601. The highest BCUT2D eigenvalue weighted by Gasteiger charge is 2.12. The minimum Gasteiger partial charge on any atom is -0.481 e. The summed E-state index contributed by atoms with van der Waals surface area (Å²) in [7, 11) is 1.52. The van der Waals surface area contributed by atoms with Crippen LogP contribution in [0, 0.1) is 0 Å². The maximum absolute atomic E-state index is 6.12. The monoisotopic (exact) mass is 321 g/mol. The lowest BCUT2D eigenvalue weighted by molar-refractivity contribution is 0.398. The molecule has 6 heteroatoms. The van der Waals surface area contributed by atoms with Gasteiger partial charge in [-0.1, -0.05) is 46.4 Å². The van der Waals surface area contributed by atoms with Gasteiger partial charge in [0.15, 0.2) is 0 Å². The van der Waals surface area contributed by atoms with E-state index in [9.17, 15) is 0 Å². The number of benzene rings is 1.